The molecule has 0 aromatic carbocycles. The Morgan fingerprint density at radius 3 is 2.31 bits per heavy atom. The van der Waals surface area contributed by atoms with E-state index >= 15 is 0 Å². The van der Waals surface area contributed by atoms with E-state index in [1.54, 1.807) is 0 Å². The molecule has 0 unspecified atom stereocenters. The molecule has 4 atom stereocenters. The third kappa shape index (κ3) is 5.61. The third-order valence-corrected chi connectivity index (χ3v) is 7.62. The van der Waals surface area contributed by atoms with Gasteiger partial charge in [0.2, 0.25) is 5.91 Å². The summed E-state index contributed by atoms with van der Waals surface area (Å²) in [5.41, 5.74) is 0. The molecule has 4 fully saturated rings. The minimum absolute atomic E-state index is 0.0299. The molecule has 2 saturated heterocycles. The second-order valence-corrected chi connectivity index (χ2v) is 10.1. The minimum Gasteiger partial charge on any atom is -0.373 e. The van der Waals surface area contributed by atoms with Crippen LogP contribution in [0.15, 0.2) is 0 Å². The second kappa shape index (κ2) is 9.91. The first-order valence-electron chi connectivity index (χ1n) is 12.2. The highest BCUT2D eigenvalue weighted by molar-refractivity contribution is 5.81. The Labute approximate surface area is 175 Å². The molecule has 4 aliphatic rings. The van der Waals surface area contributed by atoms with Gasteiger partial charge in [-0.3, -0.25) is 9.59 Å². The molecule has 164 valence electrons. The predicted molar refractivity (Wildman–Crippen MR) is 111 cm³/mol. The van der Waals surface area contributed by atoms with Crippen molar-refractivity contribution in [3.63, 3.8) is 0 Å². The van der Waals surface area contributed by atoms with Gasteiger partial charge in [0.05, 0.1) is 25.4 Å². The van der Waals surface area contributed by atoms with Crippen molar-refractivity contribution >= 4 is 11.7 Å². The van der Waals surface area contributed by atoms with E-state index in [2.05, 4.69) is 12.2 Å². The van der Waals surface area contributed by atoms with Gasteiger partial charge in [-0.05, 0) is 37.5 Å². The molecule has 0 spiro atoms. The fourth-order valence-electron chi connectivity index (χ4n) is 5.63. The van der Waals surface area contributed by atoms with E-state index in [0.29, 0.717) is 31.3 Å². The topological polar surface area (TPSA) is 64.6 Å². The van der Waals surface area contributed by atoms with E-state index in [-0.39, 0.29) is 36.0 Å². The van der Waals surface area contributed by atoms with E-state index in [1.807, 2.05) is 0 Å². The number of ketones is 1. The fraction of sp³-hybridized carbons (Fsp3) is 0.917. The van der Waals surface area contributed by atoms with Crippen LogP contribution in [-0.2, 0) is 19.1 Å². The normalized spacial score (nSPS) is 36.7. The number of rotatable bonds is 10. The van der Waals surface area contributed by atoms with Crippen LogP contribution in [0.2, 0.25) is 0 Å². The van der Waals surface area contributed by atoms with Gasteiger partial charge < -0.3 is 14.8 Å². The minimum atomic E-state index is -0.0749. The molecule has 2 saturated carbocycles. The summed E-state index contributed by atoms with van der Waals surface area (Å²) < 4.78 is 11.9. The van der Waals surface area contributed by atoms with Gasteiger partial charge >= 0.3 is 0 Å². The summed E-state index contributed by atoms with van der Waals surface area (Å²) in [7, 11) is 0. The SMILES string of the molecule is CCCCCC1CCC(CC(=O)C[C@H]2CO[C@H]3[C@@H]2OC[C@@H]3NC(=O)C2CC2)CC1. The summed E-state index contributed by atoms with van der Waals surface area (Å²) in [6, 6.07) is -0.0452. The molecule has 1 N–H and O–H groups in total. The summed E-state index contributed by atoms with van der Waals surface area (Å²) in [5, 5.41) is 3.10. The van der Waals surface area contributed by atoms with Crippen molar-refractivity contribution in [2.75, 3.05) is 13.2 Å². The summed E-state index contributed by atoms with van der Waals surface area (Å²) in [6.45, 7) is 3.36. The second-order valence-electron chi connectivity index (χ2n) is 10.1. The molecular weight excluding hydrogens is 366 g/mol. The van der Waals surface area contributed by atoms with E-state index in [1.165, 1.54) is 51.4 Å². The number of unbranched alkanes of at least 4 members (excludes halogenated alkanes) is 2. The van der Waals surface area contributed by atoms with Crippen LogP contribution in [-0.4, -0.2) is 43.2 Å². The Bertz CT molecular complexity index is 567. The first kappa shape index (κ1) is 21.3. The summed E-state index contributed by atoms with van der Waals surface area (Å²) in [4.78, 5) is 24.8. The van der Waals surface area contributed by atoms with Gasteiger partial charge in [0.1, 0.15) is 11.9 Å². The lowest BCUT2D eigenvalue weighted by atomic mass is 9.77. The first-order chi connectivity index (χ1) is 14.1. The molecule has 2 aliphatic carbocycles. The van der Waals surface area contributed by atoms with Gasteiger partial charge in [0.25, 0.3) is 0 Å². The smallest absolute Gasteiger partial charge is 0.223 e. The van der Waals surface area contributed by atoms with Crippen LogP contribution in [0.3, 0.4) is 0 Å². The summed E-state index contributed by atoms with van der Waals surface area (Å²) in [5.74, 6) is 2.36. The van der Waals surface area contributed by atoms with Crippen molar-refractivity contribution in [1.82, 2.24) is 5.32 Å². The molecule has 5 nitrogen and oxygen atoms in total. The van der Waals surface area contributed by atoms with Crippen molar-refractivity contribution in [2.24, 2.45) is 23.7 Å². The van der Waals surface area contributed by atoms with Crippen molar-refractivity contribution < 1.29 is 19.1 Å². The Kier molecular flexibility index (Phi) is 7.28. The predicted octanol–water partition coefficient (Wildman–Crippen LogP) is 4.03. The molecule has 5 heteroatoms. The quantitative estimate of drug-likeness (QED) is 0.557. The zero-order valence-electron chi connectivity index (χ0n) is 18.1. The fourth-order valence-corrected chi connectivity index (χ4v) is 5.63. The Balaban J connectivity index is 1.16. The maximum Gasteiger partial charge on any atom is 0.223 e. The number of hydrogen-bond donors (Lipinski definition) is 1. The number of hydrogen-bond acceptors (Lipinski definition) is 4. The molecule has 4 rings (SSSR count). The lowest BCUT2D eigenvalue weighted by Crippen LogP contribution is -2.44. The van der Waals surface area contributed by atoms with Crippen molar-refractivity contribution in [3.8, 4) is 0 Å². The highest BCUT2D eigenvalue weighted by atomic mass is 16.6. The standard InChI is InChI=1S/C24H39NO4/c1-2-3-4-5-16-6-8-17(9-7-16)12-20(26)13-19-14-28-23-21(15-29-22(19)23)25-24(27)18-10-11-18/h16-19,21-23H,2-15H2,1H3,(H,25,27)/t16?,17?,19-,21-,22+,23+/m0/s1. The van der Waals surface area contributed by atoms with Crippen molar-refractivity contribution in [1.29, 1.82) is 0 Å². The van der Waals surface area contributed by atoms with Crippen LogP contribution < -0.4 is 5.32 Å². The monoisotopic (exact) mass is 405 g/mol. The van der Waals surface area contributed by atoms with Crippen molar-refractivity contribution in [3.05, 3.63) is 0 Å². The number of fused-ring (bicyclic) bond motifs is 1. The number of ether oxygens (including phenoxy) is 2. The average molecular weight is 406 g/mol. The van der Waals surface area contributed by atoms with Gasteiger partial charge in [0.15, 0.2) is 0 Å². The molecule has 2 aliphatic heterocycles. The molecule has 0 radical (unpaired) electrons. The number of nitrogens with one attached hydrogen (secondary N) is 1. The largest absolute Gasteiger partial charge is 0.373 e. The molecular formula is C24H39NO4. The molecule has 2 heterocycles. The van der Waals surface area contributed by atoms with Gasteiger partial charge in [0, 0.05) is 24.7 Å². The molecule has 29 heavy (non-hydrogen) atoms. The van der Waals surface area contributed by atoms with Gasteiger partial charge in [-0.15, -0.1) is 0 Å². The highest BCUT2D eigenvalue weighted by Gasteiger charge is 2.49. The third-order valence-electron chi connectivity index (χ3n) is 7.62. The van der Waals surface area contributed by atoms with Crippen LogP contribution in [0.4, 0.5) is 0 Å². The molecule has 0 aromatic rings. The highest BCUT2D eigenvalue weighted by Crippen LogP contribution is 2.37. The zero-order chi connectivity index (χ0) is 20.2. The summed E-state index contributed by atoms with van der Waals surface area (Å²) in [6.07, 6.45) is 13.7. The van der Waals surface area contributed by atoms with E-state index < -0.39 is 0 Å². The summed E-state index contributed by atoms with van der Waals surface area (Å²) >= 11 is 0. The van der Waals surface area contributed by atoms with E-state index in [0.717, 1.165) is 25.2 Å². The van der Waals surface area contributed by atoms with E-state index in [9.17, 15) is 9.59 Å². The van der Waals surface area contributed by atoms with Crippen LogP contribution >= 0.6 is 0 Å². The molecule has 0 bridgehead atoms. The number of amides is 1. The zero-order valence-corrected chi connectivity index (χ0v) is 18.1. The van der Waals surface area contributed by atoms with E-state index in [4.69, 9.17) is 9.47 Å². The maximum atomic E-state index is 12.7. The Hall–Kier alpha value is -0.940. The average Bonchev–Trinajstić information content (AvgIpc) is 3.39. The van der Waals surface area contributed by atoms with Crippen LogP contribution in [0, 0.1) is 23.7 Å². The maximum absolute atomic E-state index is 12.7. The van der Waals surface area contributed by atoms with Crippen LogP contribution in [0.5, 0.6) is 0 Å². The lowest BCUT2D eigenvalue weighted by Gasteiger charge is -2.28. The Morgan fingerprint density at radius 1 is 0.862 bits per heavy atom. The number of Topliss-reactive ketones (excluding diaryl/α,β-unsaturated/α-hetero) is 1. The van der Waals surface area contributed by atoms with Gasteiger partial charge in [-0.25, -0.2) is 0 Å². The lowest BCUT2D eigenvalue weighted by molar-refractivity contribution is -0.123. The van der Waals surface area contributed by atoms with Crippen LogP contribution in [0.1, 0.15) is 84.0 Å². The van der Waals surface area contributed by atoms with Gasteiger partial charge in [-0.1, -0.05) is 45.4 Å². The van der Waals surface area contributed by atoms with Crippen LogP contribution in [0.25, 0.3) is 0 Å². The molecule has 1 amide bonds. The number of carbonyl (C=O) groups is 2. The first-order valence-corrected chi connectivity index (χ1v) is 12.2. The Morgan fingerprint density at radius 2 is 1.59 bits per heavy atom. The number of carbonyl (C=O) groups excluding carboxylic acids is 2. The van der Waals surface area contributed by atoms with Gasteiger partial charge in [-0.2, -0.15) is 0 Å². The molecule has 0 aromatic heterocycles. The van der Waals surface area contributed by atoms with Crippen molar-refractivity contribution in [2.45, 2.75) is 102 Å².